The highest BCUT2D eigenvalue weighted by Crippen LogP contribution is 2.32. The number of hydrogen-bond acceptors (Lipinski definition) is 10. The Morgan fingerprint density at radius 3 is 2.00 bits per heavy atom. The van der Waals surface area contributed by atoms with E-state index in [1.54, 1.807) is 6.26 Å². The van der Waals surface area contributed by atoms with Gasteiger partial charge in [0.2, 0.25) is 3.79 Å². The lowest BCUT2D eigenvalue weighted by molar-refractivity contribution is -0.211. The summed E-state index contributed by atoms with van der Waals surface area (Å²) in [7, 11) is 0. The maximum absolute atomic E-state index is 12.2. The summed E-state index contributed by atoms with van der Waals surface area (Å²) in [4.78, 5) is 46.7. The molecule has 30 heavy (non-hydrogen) atoms. The second kappa shape index (κ2) is 12.0. The predicted molar refractivity (Wildman–Crippen MR) is 108 cm³/mol. The van der Waals surface area contributed by atoms with Crippen LogP contribution in [0.1, 0.15) is 20.8 Å². The summed E-state index contributed by atoms with van der Waals surface area (Å²) in [5, 5.41) is 2.48. The van der Waals surface area contributed by atoms with Crippen LogP contribution < -0.4 is 5.32 Å². The third kappa shape index (κ3) is 9.34. The Labute approximate surface area is 192 Å². The van der Waals surface area contributed by atoms with Crippen molar-refractivity contribution in [2.45, 2.75) is 54.4 Å². The highest BCUT2D eigenvalue weighted by atomic mass is 35.6. The van der Waals surface area contributed by atoms with Crippen LogP contribution in [0.5, 0.6) is 0 Å². The molecule has 0 aliphatic carbocycles. The fraction of sp³-hybridized carbons (Fsp3) is 0.750. The highest BCUT2D eigenvalue weighted by molar-refractivity contribution is 7.99. The summed E-state index contributed by atoms with van der Waals surface area (Å²) in [5.41, 5.74) is -0.790. The molecule has 0 saturated carbocycles. The number of alkyl halides is 3. The van der Waals surface area contributed by atoms with Gasteiger partial charge in [0.15, 0.2) is 12.2 Å². The third-order valence-corrected chi connectivity index (χ3v) is 4.78. The van der Waals surface area contributed by atoms with E-state index in [4.69, 9.17) is 58.5 Å². The van der Waals surface area contributed by atoms with E-state index in [1.165, 1.54) is 18.7 Å². The number of carbonyl (C=O) groups is 4. The Hall–Kier alpha value is -1.14. The van der Waals surface area contributed by atoms with Crippen molar-refractivity contribution >= 4 is 70.6 Å². The van der Waals surface area contributed by atoms with E-state index < -0.39 is 64.2 Å². The van der Waals surface area contributed by atoms with Gasteiger partial charge >= 0.3 is 24.0 Å². The summed E-state index contributed by atoms with van der Waals surface area (Å²) in [6.45, 7) is 2.68. The summed E-state index contributed by atoms with van der Waals surface area (Å²) < 4.78 is 24.4. The number of amides is 1. The van der Waals surface area contributed by atoms with E-state index in [0.29, 0.717) is 0 Å². The van der Waals surface area contributed by atoms with Gasteiger partial charge in [-0.25, -0.2) is 4.79 Å². The molecule has 5 unspecified atom stereocenters. The van der Waals surface area contributed by atoms with Crippen molar-refractivity contribution in [1.29, 1.82) is 0 Å². The number of rotatable bonds is 7. The molecule has 0 spiro atoms. The molecule has 1 heterocycles. The van der Waals surface area contributed by atoms with Crippen LogP contribution in [0.2, 0.25) is 0 Å². The lowest BCUT2D eigenvalue weighted by Crippen LogP contribution is -2.65. The second-order valence-corrected chi connectivity index (χ2v) is 9.54. The molecule has 0 aromatic rings. The SMILES string of the molecule is CSC1OC(COC(C)=O)C(OC(C)=O)C(OC(C)=O)C1NC(=O)OCC(Cl)(Cl)Cl. The standard InChI is InChI=1S/C16H22Cl3NO9S/c1-7(21)25-5-10-12(27-8(2)22)13(28-9(3)23)11(14(29-10)30-4)20-15(24)26-6-16(17,18)19/h10-14H,5-6H2,1-4H3,(H,20,24). The minimum Gasteiger partial charge on any atom is -0.463 e. The smallest absolute Gasteiger partial charge is 0.407 e. The predicted octanol–water partition coefficient (Wildman–Crippen LogP) is 1.97. The van der Waals surface area contributed by atoms with Crippen LogP contribution in [-0.2, 0) is 38.1 Å². The van der Waals surface area contributed by atoms with Crippen LogP contribution in [0.25, 0.3) is 0 Å². The van der Waals surface area contributed by atoms with Gasteiger partial charge in [0.05, 0.1) is 0 Å². The number of alkyl carbamates (subject to hydrolysis) is 1. The monoisotopic (exact) mass is 509 g/mol. The first-order valence-electron chi connectivity index (χ1n) is 8.50. The number of nitrogens with one attached hydrogen (secondary N) is 1. The number of esters is 3. The average Bonchev–Trinajstić information content (AvgIpc) is 2.60. The summed E-state index contributed by atoms with van der Waals surface area (Å²) in [6.07, 6.45) is -2.64. The highest BCUT2D eigenvalue weighted by Gasteiger charge is 2.51. The second-order valence-electron chi connectivity index (χ2n) is 6.09. The molecule has 1 aliphatic rings. The molecule has 5 atom stereocenters. The number of thioether (sulfide) groups is 1. The maximum Gasteiger partial charge on any atom is 0.407 e. The van der Waals surface area contributed by atoms with Crippen molar-refractivity contribution < 1.29 is 42.9 Å². The lowest BCUT2D eigenvalue weighted by Gasteiger charge is -2.44. The van der Waals surface area contributed by atoms with Gasteiger partial charge in [-0.05, 0) is 6.26 Å². The van der Waals surface area contributed by atoms with Crippen molar-refractivity contribution in [3.63, 3.8) is 0 Å². The van der Waals surface area contributed by atoms with Crippen molar-refractivity contribution in [3.05, 3.63) is 0 Å². The molecule has 0 aromatic heterocycles. The van der Waals surface area contributed by atoms with Crippen LogP contribution in [0.15, 0.2) is 0 Å². The average molecular weight is 511 g/mol. The first-order valence-corrected chi connectivity index (χ1v) is 10.9. The molecule has 10 nitrogen and oxygen atoms in total. The molecule has 14 heteroatoms. The number of ether oxygens (including phenoxy) is 5. The van der Waals surface area contributed by atoms with E-state index in [-0.39, 0.29) is 6.61 Å². The number of carbonyl (C=O) groups excluding carboxylic acids is 4. The van der Waals surface area contributed by atoms with E-state index in [2.05, 4.69) is 5.32 Å². The molecule has 1 fully saturated rings. The Morgan fingerprint density at radius 1 is 0.967 bits per heavy atom. The Bertz CT molecular complexity index is 646. The molecule has 1 saturated heterocycles. The molecule has 1 amide bonds. The van der Waals surface area contributed by atoms with Gasteiger partial charge in [-0.15, -0.1) is 11.8 Å². The van der Waals surface area contributed by atoms with Crippen LogP contribution >= 0.6 is 46.6 Å². The maximum atomic E-state index is 12.2. The summed E-state index contributed by atoms with van der Waals surface area (Å²) in [6, 6.07) is -1.01. The van der Waals surface area contributed by atoms with Gasteiger partial charge in [0.1, 0.15) is 30.8 Å². The normalized spacial score (nSPS) is 26.3. The van der Waals surface area contributed by atoms with E-state index in [1.807, 2.05) is 0 Å². The van der Waals surface area contributed by atoms with Gasteiger partial charge < -0.3 is 29.0 Å². The minimum atomic E-state index is -1.83. The number of halogens is 3. The molecule has 172 valence electrons. The van der Waals surface area contributed by atoms with E-state index in [9.17, 15) is 19.2 Å². The summed E-state index contributed by atoms with van der Waals surface area (Å²) >= 11 is 17.9. The first-order chi connectivity index (χ1) is 13.8. The zero-order valence-electron chi connectivity index (χ0n) is 16.5. The molecule has 0 radical (unpaired) electrons. The Balaban J connectivity index is 3.15. The van der Waals surface area contributed by atoms with Crippen molar-refractivity contribution in [3.8, 4) is 0 Å². The molecule has 0 bridgehead atoms. The van der Waals surface area contributed by atoms with Crippen molar-refractivity contribution in [2.24, 2.45) is 0 Å². The zero-order chi connectivity index (χ0) is 23.1. The van der Waals surface area contributed by atoms with E-state index in [0.717, 1.165) is 13.8 Å². The Morgan fingerprint density at radius 2 is 1.53 bits per heavy atom. The van der Waals surface area contributed by atoms with Gasteiger partial charge in [0, 0.05) is 20.8 Å². The van der Waals surface area contributed by atoms with Gasteiger partial charge in [-0.3, -0.25) is 14.4 Å². The minimum absolute atomic E-state index is 0.271. The molecule has 1 rings (SSSR count). The van der Waals surface area contributed by atoms with Gasteiger partial charge in [0.25, 0.3) is 0 Å². The molecule has 1 N–H and O–H groups in total. The fourth-order valence-electron chi connectivity index (χ4n) is 2.58. The van der Waals surface area contributed by atoms with Crippen LogP contribution in [0.3, 0.4) is 0 Å². The van der Waals surface area contributed by atoms with Crippen molar-refractivity contribution in [2.75, 3.05) is 19.5 Å². The van der Waals surface area contributed by atoms with Crippen LogP contribution in [0.4, 0.5) is 4.79 Å². The van der Waals surface area contributed by atoms with Crippen LogP contribution in [0, 0.1) is 0 Å². The molecular weight excluding hydrogens is 489 g/mol. The number of hydrogen-bond donors (Lipinski definition) is 1. The molecule has 0 aromatic carbocycles. The van der Waals surface area contributed by atoms with Crippen LogP contribution in [-0.4, -0.2) is 77.1 Å². The van der Waals surface area contributed by atoms with Gasteiger partial charge in [-0.2, -0.15) is 0 Å². The zero-order valence-corrected chi connectivity index (χ0v) is 19.6. The van der Waals surface area contributed by atoms with Crippen molar-refractivity contribution in [1.82, 2.24) is 5.32 Å². The van der Waals surface area contributed by atoms with E-state index >= 15 is 0 Å². The largest absolute Gasteiger partial charge is 0.463 e. The summed E-state index contributed by atoms with van der Waals surface area (Å²) in [5.74, 6) is -1.99. The van der Waals surface area contributed by atoms with Gasteiger partial charge in [-0.1, -0.05) is 34.8 Å². The molecule has 1 aliphatic heterocycles. The fourth-order valence-corrected chi connectivity index (χ4v) is 3.52. The molecular formula is C16H22Cl3NO9S. The first kappa shape index (κ1) is 26.9. The topological polar surface area (TPSA) is 126 Å². The third-order valence-electron chi connectivity index (χ3n) is 3.59. The lowest BCUT2D eigenvalue weighted by atomic mass is 9.97. The quantitative estimate of drug-likeness (QED) is 0.308. The Kier molecular flexibility index (Phi) is 10.8.